The smallest absolute Gasteiger partial charge is 0.338 e. The number of benzene rings is 3. The fourth-order valence-electron chi connectivity index (χ4n) is 6.74. The summed E-state index contributed by atoms with van der Waals surface area (Å²) in [5.74, 6) is -0.448. The third-order valence-corrected chi connectivity index (χ3v) is 8.81. The molecule has 0 amide bonds. The number of rotatable bonds is 6. The number of carbonyl (C=O) groups excluding carboxylic acids is 2. The molecule has 4 heteroatoms. The molecule has 0 bridgehead atoms. The van der Waals surface area contributed by atoms with Gasteiger partial charge in [-0.3, -0.25) is 0 Å². The Labute approximate surface area is 225 Å². The number of hydrogen-bond donors (Lipinski definition) is 0. The van der Waals surface area contributed by atoms with Gasteiger partial charge in [-0.2, -0.15) is 0 Å². The lowest BCUT2D eigenvalue weighted by atomic mass is 9.49. The van der Waals surface area contributed by atoms with Crippen molar-refractivity contribution >= 4 is 17.5 Å². The van der Waals surface area contributed by atoms with Gasteiger partial charge in [0.15, 0.2) is 0 Å². The van der Waals surface area contributed by atoms with Gasteiger partial charge in [0.2, 0.25) is 0 Å². The predicted molar refractivity (Wildman–Crippen MR) is 150 cm³/mol. The zero-order valence-electron chi connectivity index (χ0n) is 22.5. The minimum absolute atomic E-state index is 0.120. The summed E-state index contributed by atoms with van der Waals surface area (Å²) in [6.07, 6.45) is 3.33. The van der Waals surface area contributed by atoms with E-state index in [1.165, 1.54) is 5.56 Å². The van der Waals surface area contributed by atoms with Crippen LogP contribution in [0.1, 0.15) is 90.0 Å². The highest BCUT2D eigenvalue weighted by Gasteiger charge is 2.55. The Morgan fingerprint density at radius 3 is 2.13 bits per heavy atom. The lowest BCUT2D eigenvalue weighted by molar-refractivity contribution is -0.0597. The quantitative estimate of drug-likeness (QED) is 0.317. The van der Waals surface area contributed by atoms with Crippen LogP contribution < -0.4 is 0 Å². The van der Waals surface area contributed by atoms with Gasteiger partial charge in [-0.15, -0.1) is 0 Å². The van der Waals surface area contributed by atoms with Gasteiger partial charge in [-0.25, -0.2) is 9.59 Å². The molecule has 4 atom stereocenters. The minimum Gasteiger partial charge on any atom is -0.462 e. The maximum absolute atomic E-state index is 13.2. The van der Waals surface area contributed by atoms with E-state index in [0.717, 1.165) is 36.0 Å². The van der Waals surface area contributed by atoms with E-state index in [4.69, 9.17) is 9.47 Å². The first-order chi connectivity index (χ1) is 18.2. The molecule has 5 rings (SSSR count). The Bertz CT molecular complexity index is 1350. The highest BCUT2D eigenvalue weighted by molar-refractivity contribution is 5.90. The highest BCUT2D eigenvalue weighted by atomic mass is 16.5. The van der Waals surface area contributed by atoms with Crippen molar-refractivity contribution < 1.29 is 19.1 Å². The molecular formula is C34H36O4. The van der Waals surface area contributed by atoms with Crippen molar-refractivity contribution in [3.63, 3.8) is 0 Å². The number of carbonyl (C=O) groups is 2. The van der Waals surface area contributed by atoms with Crippen molar-refractivity contribution in [3.05, 3.63) is 113 Å². The summed E-state index contributed by atoms with van der Waals surface area (Å²) in [5.41, 5.74) is 5.07. The van der Waals surface area contributed by atoms with Crippen molar-refractivity contribution in [3.8, 4) is 0 Å². The van der Waals surface area contributed by atoms with Crippen LogP contribution in [0, 0.1) is 11.3 Å². The molecule has 0 spiro atoms. The Balaban J connectivity index is 1.49. The Morgan fingerprint density at radius 1 is 0.868 bits per heavy atom. The van der Waals surface area contributed by atoms with Gasteiger partial charge in [0.05, 0.1) is 17.7 Å². The van der Waals surface area contributed by atoms with Gasteiger partial charge in [0, 0.05) is 5.41 Å². The first kappa shape index (κ1) is 26.0. The van der Waals surface area contributed by atoms with Crippen LogP contribution in [0.15, 0.2) is 85.4 Å². The molecular weight excluding hydrogens is 472 g/mol. The van der Waals surface area contributed by atoms with E-state index in [9.17, 15) is 9.59 Å². The molecule has 1 fully saturated rings. The van der Waals surface area contributed by atoms with E-state index >= 15 is 0 Å². The van der Waals surface area contributed by atoms with E-state index < -0.39 is 6.10 Å². The summed E-state index contributed by atoms with van der Waals surface area (Å²) in [5, 5.41) is 0. The average Bonchev–Trinajstić information content (AvgIpc) is 2.93. The molecule has 0 heterocycles. The first-order valence-electron chi connectivity index (χ1n) is 13.5. The van der Waals surface area contributed by atoms with Crippen LogP contribution in [0.4, 0.5) is 0 Å². The van der Waals surface area contributed by atoms with E-state index in [1.54, 1.807) is 24.3 Å². The second kappa shape index (κ2) is 10.2. The fourth-order valence-corrected chi connectivity index (χ4v) is 6.74. The molecule has 4 nitrogen and oxygen atoms in total. The van der Waals surface area contributed by atoms with Crippen LogP contribution in [0.25, 0.3) is 5.57 Å². The Kier molecular flexibility index (Phi) is 7.00. The number of allylic oxidation sites excluding steroid dienone is 1. The molecule has 0 saturated heterocycles. The summed E-state index contributed by atoms with van der Waals surface area (Å²) in [4.78, 5) is 26.0. The summed E-state index contributed by atoms with van der Waals surface area (Å²) >= 11 is 0. The van der Waals surface area contributed by atoms with Crippen molar-refractivity contribution in [2.24, 2.45) is 11.3 Å². The third-order valence-electron chi connectivity index (χ3n) is 8.81. The SMILES string of the molecule is C=C(C)c1ccc2c(c1)C(OC(=O)c1ccccc1)CC1C(C)(COC(=O)c3ccccc3)CCCC21C. The van der Waals surface area contributed by atoms with Gasteiger partial charge in [0.25, 0.3) is 0 Å². The van der Waals surface area contributed by atoms with Gasteiger partial charge in [-0.1, -0.05) is 81.0 Å². The normalized spacial score (nSPS) is 26.0. The maximum atomic E-state index is 13.2. The lowest BCUT2D eigenvalue weighted by Gasteiger charge is -2.56. The zero-order valence-corrected chi connectivity index (χ0v) is 22.5. The molecule has 1 saturated carbocycles. The van der Waals surface area contributed by atoms with Crippen molar-refractivity contribution in [1.82, 2.24) is 0 Å². The zero-order chi connectivity index (χ0) is 26.9. The standard InChI is InChI=1S/C34H36O4/c1-23(2)26-16-17-28-27(20-26)29(38-32(36)25-14-9-6-10-15-25)21-30-33(3,18-11-19-34(28,30)4)22-37-31(35)24-12-7-5-8-13-24/h5-10,12-17,20,29-30H,1,11,18-19,21-22H2,2-4H3. The summed E-state index contributed by atoms with van der Waals surface area (Å²) in [7, 11) is 0. The second-order valence-electron chi connectivity index (χ2n) is 11.5. The van der Waals surface area contributed by atoms with Gasteiger partial charge < -0.3 is 9.47 Å². The molecule has 0 radical (unpaired) electrons. The molecule has 2 aliphatic rings. The van der Waals surface area contributed by atoms with Crippen LogP contribution in [0.2, 0.25) is 0 Å². The topological polar surface area (TPSA) is 52.6 Å². The molecule has 196 valence electrons. The molecule has 3 aromatic carbocycles. The Morgan fingerprint density at radius 2 is 1.50 bits per heavy atom. The predicted octanol–water partition coefficient (Wildman–Crippen LogP) is 7.94. The summed E-state index contributed by atoms with van der Waals surface area (Å²) in [6.45, 7) is 11.0. The first-order valence-corrected chi connectivity index (χ1v) is 13.5. The van der Waals surface area contributed by atoms with E-state index in [2.05, 4.69) is 38.6 Å². The van der Waals surface area contributed by atoms with Crippen molar-refractivity contribution in [2.75, 3.05) is 6.61 Å². The molecule has 2 aliphatic carbocycles. The summed E-state index contributed by atoms with van der Waals surface area (Å²) < 4.78 is 12.2. The highest BCUT2D eigenvalue weighted by Crippen LogP contribution is 2.60. The molecule has 4 unspecified atom stereocenters. The van der Waals surface area contributed by atoms with Crippen molar-refractivity contribution in [1.29, 1.82) is 0 Å². The molecule has 3 aromatic rings. The number of ether oxygens (including phenoxy) is 2. The van der Waals surface area contributed by atoms with Crippen LogP contribution in [-0.4, -0.2) is 18.5 Å². The third kappa shape index (κ3) is 4.80. The monoisotopic (exact) mass is 508 g/mol. The van der Waals surface area contributed by atoms with E-state index in [-0.39, 0.29) is 28.7 Å². The van der Waals surface area contributed by atoms with Gasteiger partial charge >= 0.3 is 11.9 Å². The molecule has 0 N–H and O–H groups in total. The van der Waals surface area contributed by atoms with Crippen LogP contribution in [0.5, 0.6) is 0 Å². The molecule has 0 aromatic heterocycles. The maximum Gasteiger partial charge on any atom is 0.338 e. The van der Waals surface area contributed by atoms with Gasteiger partial charge in [0.1, 0.15) is 6.10 Å². The average molecular weight is 509 g/mol. The van der Waals surface area contributed by atoms with Gasteiger partial charge in [-0.05, 0) is 84.5 Å². The largest absolute Gasteiger partial charge is 0.462 e. The van der Waals surface area contributed by atoms with Crippen LogP contribution >= 0.6 is 0 Å². The van der Waals surface area contributed by atoms with E-state index in [0.29, 0.717) is 24.2 Å². The van der Waals surface area contributed by atoms with Crippen molar-refractivity contribution in [2.45, 2.75) is 58.0 Å². The lowest BCUT2D eigenvalue weighted by Crippen LogP contribution is -2.52. The molecule has 38 heavy (non-hydrogen) atoms. The number of esters is 2. The summed E-state index contributed by atoms with van der Waals surface area (Å²) in [6, 6.07) is 24.8. The molecule has 0 aliphatic heterocycles. The number of fused-ring (bicyclic) bond motifs is 3. The van der Waals surface area contributed by atoms with Crippen LogP contribution in [0.3, 0.4) is 0 Å². The minimum atomic E-state index is -0.391. The van der Waals surface area contributed by atoms with E-state index in [1.807, 2.05) is 43.3 Å². The second-order valence-corrected chi connectivity index (χ2v) is 11.5. The van der Waals surface area contributed by atoms with Crippen LogP contribution in [-0.2, 0) is 14.9 Å². The fraction of sp³-hybridized carbons (Fsp3) is 0.353. The number of hydrogen-bond acceptors (Lipinski definition) is 4. The Hall–Kier alpha value is -3.66.